The molecule has 5 rings (SSSR count). The summed E-state index contributed by atoms with van der Waals surface area (Å²) in [5.41, 5.74) is 4.18. The van der Waals surface area contributed by atoms with Crippen molar-refractivity contribution in [2.45, 2.75) is 6.92 Å². The summed E-state index contributed by atoms with van der Waals surface area (Å²) in [6, 6.07) is 31.9. The Labute approximate surface area is 208 Å². The summed E-state index contributed by atoms with van der Waals surface area (Å²) in [5.74, 6) is 0.601. The van der Waals surface area contributed by atoms with E-state index in [4.69, 9.17) is 4.74 Å². The molecule has 0 aliphatic heterocycles. The molecule has 1 aromatic heterocycles. The van der Waals surface area contributed by atoms with Crippen molar-refractivity contribution in [1.82, 2.24) is 4.98 Å². The Balaban J connectivity index is 1.41. The Morgan fingerprint density at radius 1 is 0.914 bits per heavy atom. The first-order valence-electron chi connectivity index (χ1n) is 11.5. The summed E-state index contributed by atoms with van der Waals surface area (Å²) < 4.78 is 5.53. The van der Waals surface area contributed by atoms with Gasteiger partial charge in [0, 0.05) is 16.5 Å². The molecule has 0 aliphatic carbocycles. The molecule has 0 aliphatic rings. The monoisotopic (exact) mass is 476 g/mol. The predicted octanol–water partition coefficient (Wildman–Crippen LogP) is 7.54. The fourth-order valence-electron chi connectivity index (χ4n) is 3.87. The zero-order chi connectivity index (χ0) is 24.0. The van der Waals surface area contributed by atoms with Gasteiger partial charge in [0.2, 0.25) is 0 Å². The first-order valence-corrected chi connectivity index (χ1v) is 12.3. The van der Waals surface area contributed by atoms with Crippen LogP contribution in [-0.2, 0) is 4.79 Å². The SMILES string of the molecule is CCOc1ccc(/C=C(/C(=O)Nc2nc(-c3ccc4ccccc4c3)cs2)c2ccccc2)cc1. The number of ether oxygens (including phenoxy) is 1. The maximum absolute atomic E-state index is 13.4. The van der Waals surface area contributed by atoms with Crippen LogP contribution in [0.25, 0.3) is 33.7 Å². The number of rotatable bonds is 7. The number of nitrogens with one attached hydrogen (secondary N) is 1. The largest absolute Gasteiger partial charge is 0.494 e. The van der Waals surface area contributed by atoms with E-state index in [0.717, 1.165) is 33.5 Å². The topological polar surface area (TPSA) is 51.2 Å². The van der Waals surface area contributed by atoms with Crippen LogP contribution in [0.4, 0.5) is 5.13 Å². The highest BCUT2D eigenvalue weighted by Gasteiger charge is 2.15. The van der Waals surface area contributed by atoms with E-state index in [-0.39, 0.29) is 5.91 Å². The van der Waals surface area contributed by atoms with Gasteiger partial charge in [-0.15, -0.1) is 11.3 Å². The number of fused-ring (bicyclic) bond motifs is 1. The Bertz CT molecular complexity index is 1490. The van der Waals surface area contributed by atoms with E-state index in [0.29, 0.717) is 17.3 Å². The van der Waals surface area contributed by atoms with Crippen molar-refractivity contribution in [1.29, 1.82) is 0 Å². The molecule has 0 bridgehead atoms. The number of thiazole rings is 1. The van der Waals surface area contributed by atoms with E-state index in [1.807, 2.05) is 85.1 Å². The lowest BCUT2D eigenvalue weighted by Gasteiger charge is -2.09. The highest BCUT2D eigenvalue weighted by Crippen LogP contribution is 2.29. The summed E-state index contributed by atoms with van der Waals surface area (Å²) in [6.45, 7) is 2.57. The average molecular weight is 477 g/mol. The Hall–Kier alpha value is -4.22. The predicted molar refractivity (Wildman–Crippen MR) is 146 cm³/mol. The molecular formula is C30H24N2O2S. The van der Waals surface area contributed by atoms with Gasteiger partial charge < -0.3 is 4.74 Å². The maximum atomic E-state index is 13.4. The van der Waals surface area contributed by atoms with Gasteiger partial charge in [0.25, 0.3) is 5.91 Å². The summed E-state index contributed by atoms with van der Waals surface area (Å²) in [7, 11) is 0. The van der Waals surface area contributed by atoms with Crippen LogP contribution in [0.1, 0.15) is 18.1 Å². The fraction of sp³-hybridized carbons (Fsp3) is 0.0667. The van der Waals surface area contributed by atoms with Crippen LogP contribution in [0.15, 0.2) is 102 Å². The molecule has 0 saturated carbocycles. The Morgan fingerprint density at radius 2 is 1.66 bits per heavy atom. The number of hydrogen-bond donors (Lipinski definition) is 1. The molecule has 1 N–H and O–H groups in total. The Kier molecular flexibility index (Phi) is 6.68. The standard InChI is InChI=1S/C30H24N2O2S/c1-2-34-26-16-12-21(13-17-26)18-27(23-9-4-3-5-10-23)29(33)32-30-31-28(20-35-30)25-15-14-22-8-6-7-11-24(22)19-25/h3-20H,2H2,1H3,(H,31,32,33)/b27-18+. The lowest BCUT2D eigenvalue weighted by Crippen LogP contribution is -2.13. The molecule has 0 atom stereocenters. The van der Waals surface area contributed by atoms with Crippen molar-refractivity contribution in [3.8, 4) is 17.0 Å². The number of hydrogen-bond acceptors (Lipinski definition) is 4. The minimum atomic E-state index is -0.204. The number of nitrogens with zero attached hydrogens (tertiary/aromatic N) is 1. The van der Waals surface area contributed by atoms with Crippen LogP contribution in [0.3, 0.4) is 0 Å². The molecule has 0 fully saturated rings. The molecule has 1 heterocycles. The van der Waals surface area contributed by atoms with Gasteiger partial charge in [0.05, 0.1) is 12.3 Å². The minimum Gasteiger partial charge on any atom is -0.494 e. The number of aromatic nitrogens is 1. The summed E-state index contributed by atoms with van der Waals surface area (Å²) in [4.78, 5) is 18.1. The molecule has 5 aromatic rings. The molecule has 0 unspecified atom stereocenters. The van der Waals surface area contributed by atoms with Gasteiger partial charge in [0.15, 0.2) is 5.13 Å². The molecule has 5 heteroatoms. The second-order valence-corrected chi connectivity index (χ2v) is 8.84. The first kappa shape index (κ1) is 22.6. The molecule has 4 aromatic carbocycles. The molecule has 172 valence electrons. The van der Waals surface area contributed by atoms with E-state index in [1.54, 1.807) is 0 Å². The number of carbonyl (C=O) groups excluding carboxylic acids is 1. The molecule has 35 heavy (non-hydrogen) atoms. The molecule has 4 nitrogen and oxygen atoms in total. The van der Waals surface area contributed by atoms with E-state index in [1.165, 1.54) is 16.7 Å². The van der Waals surface area contributed by atoms with Crippen molar-refractivity contribution < 1.29 is 9.53 Å². The van der Waals surface area contributed by atoms with Crippen molar-refractivity contribution in [3.05, 3.63) is 114 Å². The van der Waals surface area contributed by atoms with E-state index in [2.05, 4.69) is 40.6 Å². The van der Waals surface area contributed by atoms with Gasteiger partial charge in [-0.25, -0.2) is 4.98 Å². The molecule has 0 radical (unpaired) electrons. The van der Waals surface area contributed by atoms with E-state index >= 15 is 0 Å². The van der Waals surface area contributed by atoms with E-state index in [9.17, 15) is 4.79 Å². The van der Waals surface area contributed by atoms with Crippen LogP contribution in [-0.4, -0.2) is 17.5 Å². The van der Waals surface area contributed by atoms with Crippen molar-refractivity contribution >= 4 is 44.8 Å². The van der Waals surface area contributed by atoms with Gasteiger partial charge in [-0.3, -0.25) is 10.1 Å². The van der Waals surface area contributed by atoms with Gasteiger partial charge >= 0.3 is 0 Å². The second kappa shape index (κ2) is 10.4. The third-order valence-electron chi connectivity index (χ3n) is 5.60. The lowest BCUT2D eigenvalue weighted by atomic mass is 10.0. The van der Waals surface area contributed by atoms with Crippen molar-refractivity contribution in [2.24, 2.45) is 0 Å². The highest BCUT2D eigenvalue weighted by atomic mass is 32.1. The lowest BCUT2D eigenvalue weighted by molar-refractivity contribution is -0.111. The fourth-order valence-corrected chi connectivity index (χ4v) is 4.58. The summed E-state index contributed by atoms with van der Waals surface area (Å²) in [5, 5.41) is 7.87. The van der Waals surface area contributed by atoms with Crippen LogP contribution < -0.4 is 10.1 Å². The molecule has 0 saturated heterocycles. The molecule has 0 spiro atoms. The zero-order valence-corrected chi connectivity index (χ0v) is 20.1. The normalized spacial score (nSPS) is 11.4. The van der Waals surface area contributed by atoms with Gasteiger partial charge in [-0.2, -0.15) is 0 Å². The zero-order valence-electron chi connectivity index (χ0n) is 19.3. The van der Waals surface area contributed by atoms with Gasteiger partial charge in [-0.1, -0.05) is 78.9 Å². The quantitative estimate of drug-likeness (QED) is 0.195. The number of amides is 1. The van der Waals surface area contributed by atoms with E-state index < -0.39 is 0 Å². The number of anilines is 1. The highest BCUT2D eigenvalue weighted by molar-refractivity contribution is 7.14. The minimum absolute atomic E-state index is 0.204. The van der Waals surface area contributed by atoms with Crippen LogP contribution in [0.5, 0.6) is 5.75 Å². The number of benzene rings is 4. The van der Waals surface area contributed by atoms with Gasteiger partial charge in [-0.05, 0) is 53.1 Å². The summed E-state index contributed by atoms with van der Waals surface area (Å²) in [6.07, 6.45) is 1.89. The third-order valence-corrected chi connectivity index (χ3v) is 6.36. The Morgan fingerprint density at radius 3 is 2.43 bits per heavy atom. The third kappa shape index (κ3) is 5.31. The average Bonchev–Trinajstić information content (AvgIpc) is 3.37. The number of carbonyl (C=O) groups is 1. The smallest absolute Gasteiger partial charge is 0.258 e. The van der Waals surface area contributed by atoms with Crippen molar-refractivity contribution in [2.75, 3.05) is 11.9 Å². The van der Waals surface area contributed by atoms with Crippen LogP contribution >= 0.6 is 11.3 Å². The van der Waals surface area contributed by atoms with Crippen molar-refractivity contribution in [3.63, 3.8) is 0 Å². The maximum Gasteiger partial charge on any atom is 0.258 e. The van der Waals surface area contributed by atoms with Gasteiger partial charge in [0.1, 0.15) is 5.75 Å². The summed E-state index contributed by atoms with van der Waals surface area (Å²) >= 11 is 1.42. The first-order chi connectivity index (χ1) is 17.2. The molecular weight excluding hydrogens is 452 g/mol. The van der Waals surface area contributed by atoms with Crippen LogP contribution in [0, 0.1) is 0 Å². The second-order valence-electron chi connectivity index (χ2n) is 7.98. The van der Waals surface area contributed by atoms with Crippen LogP contribution in [0.2, 0.25) is 0 Å². The molecule has 1 amide bonds.